The van der Waals surface area contributed by atoms with Crippen LogP contribution in [0.3, 0.4) is 0 Å². The van der Waals surface area contributed by atoms with Crippen LogP contribution in [0, 0.1) is 17.2 Å². The first kappa shape index (κ1) is 18.7. The van der Waals surface area contributed by atoms with Crippen molar-refractivity contribution in [3.05, 3.63) is 35.4 Å². The lowest BCUT2D eigenvalue weighted by molar-refractivity contribution is 0.152. The van der Waals surface area contributed by atoms with Crippen LogP contribution in [0.1, 0.15) is 50.2 Å². The molecule has 2 heterocycles. The van der Waals surface area contributed by atoms with E-state index in [1.807, 2.05) is 4.90 Å². The van der Waals surface area contributed by atoms with Crippen LogP contribution in [0.2, 0.25) is 0 Å². The van der Waals surface area contributed by atoms with Gasteiger partial charge in [0.15, 0.2) is 0 Å². The summed E-state index contributed by atoms with van der Waals surface area (Å²) in [4.78, 5) is 16.6. The Balaban J connectivity index is 1.44. The van der Waals surface area contributed by atoms with E-state index in [2.05, 4.69) is 47.5 Å². The predicted octanol–water partition coefficient (Wildman–Crippen LogP) is 3.51. The molecule has 140 valence electrons. The molecule has 1 aromatic carbocycles. The van der Waals surface area contributed by atoms with E-state index in [1.54, 1.807) is 0 Å². The number of hydrogen-bond donors (Lipinski definition) is 1. The van der Waals surface area contributed by atoms with Crippen LogP contribution in [-0.4, -0.2) is 41.5 Å². The van der Waals surface area contributed by atoms with Crippen molar-refractivity contribution in [2.75, 3.05) is 19.6 Å². The van der Waals surface area contributed by atoms with E-state index in [-0.39, 0.29) is 11.9 Å². The molecule has 2 saturated heterocycles. The summed E-state index contributed by atoms with van der Waals surface area (Å²) in [6.45, 7) is 6.44. The van der Waals surface area contributed by atoms with Gasteiger partial charge < -0.3 is 10.2 Å². The second kappa shape index (κ2) is 9.05. The van der Waals surface area contributed by atoms with Crippen LogP contribution < -0.4 is 5.32 Å². The monoisotopic (exact) mass is 354 g/mol. The molecular weight excluding hydrogens is 324 g/mol. The van der Waals surface area contributed by atoms with Crippen LogP contribution in [-0.2, 0) is 13.1 Å². The van der Waals surface area contributed by atoms with Gasteiger partial charge in [0.1, 0.15) is 0 Å². The molecule has 1 N–H and O–H groups in total. The average molecular weight is 354 g/mol. The Hall–Kier alpha value is -2.06. The molecule has 26 heavy (non-hydrogen) atoms. The highest BCUT2D eigenvalue weighted by Crippen LogP contribution is 2.19. The fourth-order valence-electron chi connectivity index (χ4n) is 3.89. The highest BCUT2D eigenvalue weighted by molar-refractivity contribution is 5.74. The molecule has 2 fully saturated rings. The number of nitrogens with zero attached hydrogens (tertiary/aromatic N) is 3. The van der Waals surface area contributed by atoms with Crippen LogP contribution >= 0.6 is 0 Å². The number of carbonyl (C=O) groups is 1. The minimum atomic E-state index is -0.0207. The fraction of sp³-hybridized carbons (Fsp3) is 0.619. The van der Waals surface area contributed by atoms with Crippen LogP contribution in [0.25, 0.3) is 0 Å². The van der Waals surface area contributed by atoms with E-state index in [0.717, 1.165) is 24.9 Å². The molecule has 0 aromatic heterocycles. The van der Waals surface area contributed by atoms with Gasteiger partial charge in [-0.25, -0.2) is 4.79 Å². The van der Waals surface area contributed by atoms with Gasteiger partial charge in [0, 0.05) is 38.1 Å². The Morgan fingerprint density at radius 3 is 2.46 bits per heavy atom. The quantitative estimate of drug-likeness (QED) is 0.900. The van der Waals surface area contributed by atoms with Gasteiger partial charge in [-0.15, -0.1) is 0 Å². The minimum Gasteiger partial charge on any atom is -0.334 e. The number of carbonyl (C=O) groups excluding carboxylic acids is 1. The zero-order valence-corrected chi connectivity index (χ0v) is 15.8. The number of rotatable bonds is 4. The molecule has 0 spiro atoms. The van der Waals surface area contributed by atoms with Crippen molar-refractivity contribution < 1.29 is 4.79 Å². The average Bonchev–Trinajstić information content (AvgIpc) is 2.69. The van der Waals surface area contributed by atoms with Crippen molar-refractivity contribution in [1.29, 1.82) is 5.26 Å². The van der Waals surface area contributed by atoms with Gasteiger partial charge in [0.05, 0.1) is 6.07 Å². The minimum absolute atomic E-state index is 0.0207. The Kier molecular flexibility index (Phi) is 6.51. The van der Waals surface area contributed by atoms with Crippen LogP contribution in [0.5, 0.6) is 0 Å². The molecule has 2 aliphatic rings. The maximum Gasteiger partial charge on any atom is 0.317 e. The van der Waals surface area contributed by atoms with E-state index in [1.165, 1.54) is 31.4 Å². The summed E-state index contributed by atoms with van der Waals surface area (Å²) in [7, 11) is 0. The van der Waals surface area contributed by atoms with Gasteiger partial charge in [-0.05, 0) is 50.3 Å². The van der Waals surface area contributed by atoms with E-state index >= 15 is 0 Å². The second-order valence-corrected chi connectivity index (χ2v) is 7.68. The van der Waals surface area contributed by atoms with Crippen molar-refractivity contribution in [2.45, 2.75) is 58.2 Å². The number of nitriles is 1. The summed E-state index contributed by atoms with van der Waals surface area (Å²) in [5, 5.41) is 11.9. The standard InChI is InChI=1S/C21H30N4O/c1-17-4-2-3-11-25(17)16-20-7-5-19(6-8-20)15-23-21(26)24-12-9-18(14-22)10-13-24/h5-8,17-18H,2-4,9-13,15-16H2,1H3,(H,23,26). The van der Waals surface area contributed by atoms with Crippen LogP contribution in [0.4, 0.5) is 4.79 Å². The zero-order chi connectivity index (χ0) is 18.4. The molecule has 2 amide bonds. The first-order valence-corrected chi connectivity index (χ1v) is 9.90. The largest absolute Gasteiger partial charge is 0.334 e. The molecule has 3 rings (SSSR count). The molecular formula is C21H30N4O. The molecule has 0 aliphatic carbocycles. The molecule has 1 aromatic rings. The summed E-state index contributed by atoms with van der Waals surface area (Å²) in [5.74, 6) is 0.106. The van der Waals surface area contributed by atoms with Gasteiger partial charge in [-0.2, -0.15) is 5.26 Å². The van der Waals surface area contributed by atoms with Gasteiger partial charge in [-0.3, -0.25) is 4.90 Å². The van der Waals surface area contributed by atoms with Crippen molar-refractivity contribution in [2.24, 2.45) is 5.92 Å². The topological polar surface area (TPSA) is 59.4 Å². The van der Waals surface area contributed by atoms with E-state index < -0.39 is 0 Å². The SMILES string of the molecule is CC1CCCCN1Cc1ccc(CNC(=O)N2CCC(C#N)CC2)cc1. The van der Waals surface area contributed by atoms with Crippen molar-refractivity contribution in [1.82, 2.24) is 15.1 Å². The van der Waals surface area contributed by atoms with Gasteiger partial charge in [0.2, 0.25) is 0 Å². The van der Waals surface area contributed by atoms with Gasteiger partial charge >= 0.3 is 6.03 Å². The highest BCUT2D eigenvalue weighted by Gasteiger charge is 2.22. The van der Waals surface area contributed by atoms with Gasteiger partial charge in [0.25, 0.3) is 0 Å². The number of amides is 2. The number of nitrogens with one attached hydrogen (secondary N) is 1. The second-order valence-electron chi connectivity index (χ2n) is 7.68. The molecule has 5 heteroatoms. The number of hydrogen-bond acceptors (Lipinski definition) is 3. The van der Waals surface area contributed by atoms with Crippen molar-refractivity contribution in [3.8, 4) is 6.07 Å². The van der Waals surface area contributed by atoms with Crippen molar-refractivity contribution in [3.63, 3.8) is 0 Å². The Morgan fingerprint density at radius 2 is 1.81 bits per heavy atom. The molecule has 0 bridgehead atoms. The molecule has 5 nitrogen and oxygen atoms in total. The maximum absolute atomic E-state index is 12.3. The lowest BCUT2D eigenvalue weighted by Gasteiger charge is -2.33. The summed E-state index contributed by atoms with van der Waals surface area (Å²) < 4.78 is 0. The third-order valence-corrected chi connectivity index (χ3v) is 5.76. The zero-order valence-electron chi connectivity index (χ0n) is 15.8. The van der Waals surface area contributed by atoms with Crippen LogP contribution in [0.15, 0.2) is 24.3 Å². The highest BCUT2D eigenvalue weighted by atomic mass is 16.2. The predicted molar refractivity (Wildman–Crippen MR) is 102 cm³/mol. The van der Waals surface area contributed by atoms with E-state index in [0.29, 0.717) is 25.7 Å². The molecule has 0 saturated carbocycles. The van der Waals surface area contributed by atoms with Gasteiger partial charge in [-0.1, -0.05) is 30.7 Å². The third kappa shape index (κ3) is 4.98. The maximum atomic E-state index is 12.3. The first-order valence-electron chi connectivity index (χ1n) is 9.90. The fourth-order valence-corrected chi connectivity index (χ4v) is 3.89. The van der Waals surface area contributed by atoms with Crippen molar-refractivity contribution >= 4 is 6.03 Å². The summed E-state index contributed by atoms with van der Waals surface area (Å²) in [5.41, 5.74) is 2.47. The smallest absolute Gasteiger partial charge is 0.317 e. The lowest BCUT2D eigenvalue weighted by Crippen LogP contribution is -2.44. The number of piperidine rings is 2. The number of likely N-dealkylation sites (tertiary alicyclic amines) is 2. The third-order valence-electron chi connectivity index (χ3n) is 5.76. The summed E-state index contributed by atoms with van der Waals surface area (Å²) >= 11 is 0. The van der Waals surface area contributed by atoms with E-state index in [4.69, 9.17) is 5.26 Å². The Morgan fingerprint density at radius 1 is 1.12 bits per heavy atom. The molecule has 0 radical (unpaired) electrons. The summed E-state index contributed by atoms with van der Waals surface area (Å²) in [6, 6.07) is 11.5. The first-order chi connectivity index (χ1) is 12.7. The summed E-state index contributed by atoms with van der Waals surface area (Å²) in [6.07, 6.45) is 5.53. The Bertz CT molecular complexity index is 628. The van der Waals surface area contributed by atoms with E-state index in [9.17, 15) is 4.79 Å². The number of urea groups is 1. The molecule has 1 unspecified atom stereocenters. The normalized spacial score (nSPS) is 22.0. The number of benzene rings is 1. The molecule has 2 aliphatic heterocycles. The lowest BCUT2D eigenvalue weighted by atomic mass is 9.99. The molecule has 1 atom stereocenters. The Labute approximate surface area is 157 Å².